The van der Waals surface area contributed by atoms with Crippen LogP contribution in [0.15, 0.2) is 18.2 Å². The third-order valence-corrected chi connectivity index (χ3v) is 5.39. The van der Waals surface area contributed by atoms with Crippen LogP contribution in [0.1, 0.15) is 37.6 Å². The number of carbonyl (C=O) groups is 1. The van der Waals surface area contributed by atoms with Crippen molar-refractivity contribution in [2.45, 2.75) is 32.6 Å². The number of hydrogen-bond acceptors (Lipinski definition) is 4. The van der Waals surface area contributed by atoms with Crippen LogP contribution in [0.5, 0.6) is 0 Å². The number of benzene rings is 1. The van der Waals surface area contributed by atoms with Crippen molar-refractivity contribution < 1.29 is 9.90 Å². The standard InChI is InChI=1S/C16H21N3O2S/c1-10(2)14-19-12-4-3-11(7-13(12)22-14)18-15(21)17-8-16(9-20)5-6-16/h3-4,7,10,20H,5-6,8-9H2,1-2H3,(H2,17,18,21). The van der Waals surface area contributed by atoms with Crippen molar-refractivity contribution in [2.24, 2.45) is 5.41 Å². The molecular weight excluding hydrogens is 298 g/mol. The summed E-state index contributed by atoms with van der Waals surface area (Å²) in [7, 11) is 0. The Morgan fingerprint density at radius 3 is 2.86 bits per heavy atom. The van der Waals surface area contributed by atoms with Gasteiger partial charge in [0.15, 0.2) is 0 Å². The Morgan fingerprint density at radius 1 is 1.45 bits per heavy atom. The molecule has 0 unspecified atom stereocenters. The second kappa shape index (κ2) is 5.85. The monoisotopic (exact) mass is 319 g/mol. The number of fused-ring (bicyclic) bond motifs is 1. The lowest BCUT2D eigenvalue weighted by atomic mass is 10.1. The Balaban J connectivity index is 1.64. The van der Waals surface area contributed by atoms with Gasteiger partial charge in [0.05, 0.1) is 21.8 Å². The molecule has 1 saturated carbocycles. The molecule has 0 bridgehead atoms. The molecule has 1 heterocycles. The molecule has 22 heavy (non-hydrogen) atoms. The van der Waals surface area contributed by atoms with E-state index in [1.54, 1.807) is 11.3 Å². The number of nitrogens with zero attached hydrogens (tertiary/aromatic N) is 1. The normalized spacial score (nSPS) is 16.0. The van der Waals surface area contributed by atoms with Crippen molar-refractivity contribution in [3.05, 3.63) is 23.2 Å². The van der Waals surface area contributed by atoms with Crippen LogP contribution in [-0.4, -0.2) is 29.3 Å². The van der Waals surface area contributed by atoms with E-state index in [4.69, 9.17) is 0 Å². The maximum absolute atomic E-state index is 11.9. The largest absolute Gasteiger partial charge is 0.396 e. The molecule has 1 aromatic heterocycles. The molecule has 0 aliphatic heterocycles. The molecule has 2 aromatic rings. The first-order chi connectivity index (χ1) is 10.5. The molecular formula is C16H21N3O2S. The summed E-state index contributed by atoms with van der Waals surface area (Å²) < 4.78 is 1.08. The number of aliphatic hydroxyl groups excluding tert-OH is 1. The van der Waals surface area contributed by atoms with Crippen LogP contribution >= 0.6 is 11.3 Å². The lowest BCUT2D eigenvalue weighted by Gasteiger charge is -2.13. The summed E-state index contributed by atoms with van der Waals surface area (Å²) in [6, 6.07) is 5.53. The topological polar surface area (TPSA) is 74.2 Å². The number of thiazole rings is 1. The third kappa shape index (κ3) is 3.23. The first-order valence-electron chi connectivity index (χ1n) is 7.57. The Morgan fingerprint density at radius 2 is 2.23 bits per heavy atom. The maximum atomic E-state index is 11.9. The number of carbonyl (C=O) groups excluding carboxylic acids is 1. The Hall–Kier alpha value is -1.66. The Kier molecular flexibility index (Phi) is 4.06. The van der Waals surface area contributed by atoms with Crippen molar-refractivity contribution in [1.29, 1.82) is 0 Å². The van der Waals surface area contributed by atoms with Crippen molar-refractivity contribution in [3.8, 4) is 0 Å². The molecule has 118 valence electrons. The van der Waals surface area contributed by atoms with E-state index >= 15 is 0 Å². The maximum Gasteiger partial charge on any atom is 0.319 e. The number of anilines is 1. The molecule has 6 heteroatoms. The predicted octanol–water partition coefficient (Wildman–Crippen LogP) is 3.31. The van der Waals surface area contributed by atoms with Crippen molar-refractivity contribution in [3.63, 3.8) is 0 Å². The highest BCUT2D eigenvalue weighted by Gasteiger charge is 2.42. The number of amides is 2. The molecule has 0 radical (unpaired) electrons. The number of rotatable bonds is 5. The number of hydrogen-bond donors (Lipinski definition) is 3. The van der Waals surface area contributed by atoms with Gasteiger partial charge in [-0.25, -0.2) is 9.78 Å². The summed E-state index contributed by atoms with van der Waals surface area (Å²) in [5, 5.41) is 16.0. The van der Waals surface area contributed by atoms with Crippen LogP contribution in [0.3, 0.4) is 0 Å². The second-order valence-electron chi connectivity index (χ2n) is 6.36. The quantitative estimate of drug-likeness (QED) is 0.791. The van der Waals surface area contributed by atoms with E-state index in [1.165, 1.54) is 0 Å². The van der Waals surface area contributed by atoms with Crippen LogP contribution in [0.4, 0.5) is 10.5 Å². The van der Waals surface area contributed by atoms with Gasteiger partial charge in [-0.2, -0.15) is 0 Å². The molecule has 1 aromatic carbocycles. The van der Waals surface area contributed by atoms with Crippen LogP contribution in [0, 0.1) is 5.41 Å². The fourth-order valence-corrected chi connectivity index (χ4v) is 3.29. The summed E-state index contributed by atoms with van der Waals surface area (Å²) in [6.07, 6.45) is 1.96. The molecule has 0 atom stereocenters. The van der Waals surface area contributed by atoms with Crippen LogP contribution in [-0.2, 0) is 0 Å². The van der Waals surface area contributed by atoms with Gasteiger partial charge in [-0.15, -0.1) is 11.3 Å². The molecule has 5 nitrogen and oxygen atoms in total. The molecule has 0 saturated heterocycles. The van der Waals surface area contributed by atoms with Gasteiger partial charge in [-0.05, 0) is 31.0 Å². The predicted molar refractivity (Wildman–Crippen MR) is 89.5 cm³/mol. The number of urea groups is 1. The van der Waals surface area contributed by atoms with Gasteiger partial charge in [0.1, 0.15) is 0 Å². The smallest absolute Gasteiger partial charge is 0.319 e. The highest BCUT2D eigenvalue weighted by molar-refractivity contribution is 7.18. The number of aliphatic hydroxyl groups is 1. The third-order valence-electron chi connectivity index (χ3n) is 4.07. The Labute approximate surface area is 133 Å². The first kappa shape index (κ1) is 15.2. The molecule has 3 rings (SSSR count). The van der Waals surface area contributed by atoms with Crippen LogP contribution < -0.4 is 10.6 Å². The summed E-state index contributed by atoms with van der Waals surface area (Å²) in [5.74, 6) is 0.408. The van der Waals surface area contributed by atoms with Crippen molar-refractivity contribution >= 4 is 33.3 Å². The minimum Gasteiger partial charge on any atom is -0.396 e. The summed E-state index contributed by atoms with van der Waals surface area (Å²) in [4.78, 5) is 16.5. The van der Waals surface area contributed by atoms with E-state index in [0.717, 1.165) is 33.8 Å². The number of nitrogens with one attached hydrogen (secondary N) is 2. The summed E-state index contributed by atoms with van der Waals surface area (Å²) >= 11 is 1.66. The first-order valence-corrected chi connectivity index (χ1v) is 8.39. The molecule has 2 amide bonds. The van der Waals surface area contributed by atoms with Crippen LogP contribution in [0.25, 0.3) is 10.2 Å². The van der Waals surface area contributed by atoms with Crippen molar-refractivity contribution in [1.82, 2.24) is 10.3 Å². The van der Waals surface area contributed by atoms with E-state index in [-0.39, 0.29) is 18.1 Å². The van der Waals surface area contributed by atoms with Gasteiger partial charge in [-0.3, -0.25) is 0 Å². The zero-order valence-corrected chi connectivity index (χ0v) is 13.7. The summed E-state index contributed by atoms with van der Waals surface area (Å²) in [6.45, 7) is 4.91. The van der Waals surface area contributed by atoms with Gasteiger partial charge in [0.2, 0.25) is 0 Å². The van der Waals surface area contributed by atoms with Gasteiger partial charge in [-0.1, -0.05) is 13.8 Å². The minimum absolute atomic E-state index is 0.0782. The summed E-state index contributed by atoms with van der Waals surface area (Å²) in [5.41, 5.74) is 1.65. The molecule has 1 aliphatic rings. The highest BCUT2D eigenvalue weighted by atomic mass is 32.1. The van der Waals surface area contributed by atoms with E-state index < -0.39 is 0 Å². The Bertz CT molecular complexity index is 692. The fourth-order valence-electron chi connectivity index (χ4n) is 2.28. The highest BCUT2D eigenvalue weighted by Crippen LogP contribution is 2.44. The minimum atomic E-state index is -0.229. The average molecular weight is 319 g/mol. The molecule has 3 N–H and O–H groups in total. The number of aromatic nitrogens is 1. The lowest BCUT2D eigenvalue weighted by molar-refractivity contribution is 0.206. The van der Waals surface area contributed by atoms with Gasteiger partial charge < -0.3 is 15.7 Å². The van der Waals surface area contributed by atoms with Gasteiger partial charge >= 0.3 is 6.03 Å². The zero-order chi connectivity index (χ0) is 15.7. The molecule has 0 spiro atoms. The van der Waals surface area contributed by atoms with E-state index in [0.29, 0.717) is 12.5 Å². The van der Waals surface area contributed by atoms with E-state index in [9.17, 15) is 9.90 Å². The van der Waals surface area contributed by atoms with E-state index in [2.05, 4.69) is 29.5 Å². The lowest BCUT2D eigenvalue weighted by Crippen LogP contribution is -2.35. The average Bonchev–Trinajstić information content (AvgIpc) is 3.15. The second-order valence-corrected chi connectivity index (χ2v) is 7.42. The molecule has 1 fully saturated rings. The zero-order valence-electron chi connectivity index (χ0n) is 12.8. The van der Waals surface area contributed by atoms with Crippen molar-refractivity contribution in [2.75, 3.05) is 18.5 Å². The molecule has 1 aliphatic carbocycles. The van der Waals surface area contributed by atoms with Gasteiger partial charge in [0.25, 0.3) is 0 Å². The van der Waals surface area contributed by atoms with Crippen LogP contribution in [0.2, 0.25) is 0 Å². The van der Waals surface area contributed by atoms with Gasteiger partial charge in [0, 0.05) is 23.6 Å². The van der Waals surface area contributed by atoms with E-state index in [1.807, 2.05) is 18.2 Å². The SMILES string of the molecule is CC(C)c1nc2ccc(NC(=O)NCC3(CO)CC3)cc2s1. The fraction of sp³-hybridized carbons (Fsp3) is 0.500.